The summed E-state index contributed by atoms with van der Waals surface area (Å²) in [7, 11) is 0. The normalized spacial score (nSPS) is 19.4. The van der Waals surface area contributed by atoms with E-state index in [1.165, 1.54) is 12.8 Å². The number of nitrogens with one attached hydrogen (secondary N) is 1. The molecule has 7 nitrogen and oxygen atoms in total. The number of benzene rings is 1. The third kappa shape index (κ3) is 3.20. The van der Waals surface area contributed by atoms with E-state index in [0.717, 1.165) is 36.0 Å². The van der Waals surface area contributed by atoms with Gasteiger partial charge < -0.3 is 19.7 Å². The molecule has 0 amide bonds. The Kier molecular flexibility index (Phi) is 4.06. The van der Waals surface area contributed by atoms with Crippen molar-refractivity contribution >= 4 is 11.8 Å². The second-order valence-electron chi connectivity index (χ2n) is 6.38. The highest BCUT2D eigenvalue weighted by Gasteiger charge is 2.19. The molecular weight excluding hydrogens is 306 g/mol. The summed E-state index contributed by atoms with van der Waals surface area (Å²) in [5.41, 5.74) is 1.10. The molecule has 1 fully saturated rings. The average molecular weight is 327 g/mol. The SMILES string of the molecule is CC1CCCN(c2nncc(NCc3ccc4c(c3)OCO4)n2)C1. The molecule has 0 bridgehead atoms. The molecule has 1 unspecified atom stereocenters. The molecule has 1 aromatic heterocycles. The lowest BCUT2D eigenvalue weighted by atomic mass is 10.0. The van der Waals surface area contributed by atoms with E-state index in [0.29, 0.717) is 25.2 Å². The minimum absolute atomic E-state index is 0.291. The zero-order valence-electron chi connectivity index (χ0n) is 13.7. The van der Waals surface area contributed by atoms with E-state index in [9.17, 15) is 0 Å². The first-order valence-corrected chi connectivity index (χ1v) is 8.35. The fourth-order valence-electron chi connectivity index (χ4n) is 3.13. The van der Waals surface area contributed by atoms with E-state index < -0.39 is 0 Å². The van der Waals surface area contributed by atoms with Gasteiger partial charge in [-0.3, -0.25) is 0 Å². The lowest BCUT2D eigenvalue weighted by Gasteiger charge is -2.30. The summed E-state index contributed by atoms with van der Waals surface area (Å²) >= 11 is 0. The van der Waals surface area contributed by atoms with Crippen LogP contribution in [0.3, 0.4) is 0 Å². The maximum absolute atomic E-state index is 5.40. The lowest BCUT2D eigenvalue weighted by Crippen LogP contribution is -2.35. The highest BCUT2D eigenvalue weighted by molar-refractivity contribution is 5.46. The minimum Gasteiger partial charge on any atom is -0.454 e. The van der Waals surface area contributed by atoms with E-state index in [-0.39, 0.29) is 0 Å². The van der Waals surface area contributed by atoms with Crippen LogP contribution in [0.1, 0.15) is 25.3 Å². The van der Waals surface area contributed by atoms with Gasteiger partial charge in [-0.05, 0) is 36.5 Å². The summed E-state index contributed by atoms with van der Waals surface area (Å²) in [5, 5.41) is 11.6. The van der Waals surface area contributed by atoms with Crippen molar-refractivity contribution in [3.05, 3.63) is 30.0 Å². The summed E-state index contributed by atoms with van der Waals surface area (Å²) in [6.45, 7) is 5.19. The highest BCUT2D eigenvalue weighted by atomic mass is 16.7. The van der Waals surface area contributed by atoms with Gasteiger partial charge in [-0.1, -0.05) is 13.0 Å². The molecule has 24 heavy (non-hydrogen) atoms. The predicted molar refractivity (Wildman–Crippen MR) is 90.3 cm³/mol. The molecule has 1 N–H and O–H groups in total. The Bertz CT molecular complexity index is 724. The van der Waals surface area contributed by atoms with Crippen LogP contribution in [0.4, 0.5) is 11.8 Å². The molecule has 1 atom stereocenters. The van der Waals surface area contributed by atoms with Crippen molar-refractivity contribution in [3.63, 3.8) is 0 Å². The van der Waals surface area contributed by atoms with E-state index in [4.69, 9.17) is 9.47 Å². The Balaban J connectivity index is 1.42. The molecule has 0 aliphatic carbocycles. The third-order valence-corrected chi connectivity index (χ3v) is 4.40. The molecule has 0 saturated carbocycles. The Labute approximate surface area is 141 Å². The summed E-state index contributed by atoms with van der Waals surface area (Å²) in [6, 6.07) is 5.93. The summed E-state index contributed by atoms with van der Waals surface area (Å²) in [6.07, 6.45) is 4.11. The molecule has 1 saturated heterocycles. The van der Waals surface area contributed by atoms with Crippen molar-refractivity contribution in [1.29, 1.82) is 0 Å². The smallest absolute Gasteiger partial charge is 0.247 e. The van der Waals surface area contributed by atoms with Gasteiger partial charge in [-0.25, -0.2) is 0 Å². The maximum atomic E-state index is 5.40. The first-order chi connectivity index (χ1) is 11.8. The predicted octanol–water partition coefficient (Wildman–Crippen LogP) is 2.45. The van der Waals surface area contributed by atoms with Gasteiger partial charge in [0, 0.05) is 19.6 Å². The number of piperidine rings is 1. The monoisotopic (exact) mass is 327 g/mol. The average Bonchev–Trinajstić information content (AvgIpc) is 3.08. The molecule has 2 aliphatic rings. The van der Waals surface area contributed by atoms with Crippen LogP contribution in [0.5, 0.6) is 11.5 Å². The number of rotatable bonds is 4. The highest BCUT2D eigenvalue weighted by Crippen LogP contribution is 2.32. The van der Waals surface area contributed by atoms with Crippen molar-refractivity contribution in [1.82, 2.24) is 15.2 Å². The number of hydrogen-bond donors (Lipinski definition) is 1. The summed E-state index contributed by atoms with van der Waals surface area (Å²) in [5.74, 6) is 3.70. The van der Waals surface area contributed by atoms with E-state index >= 15 is 0 Å². The van der Waals surface area contributed by atoms with E-state index in [1.807, 2.05) is 18.2 Å². The fraction of sp³-hybridized carbons (Fsp3) is 0.471. The number of hydrogen-bond acceptors (Lipinski definition) is 7. The summed E-state index contributed by atoms with van der Waals surface area (Å²) < 4.78 is 10.7. The Morgan fingerprint density at radius 3 is 3.12 bits per heavy atom. The van der Waals surface area contributed by atoms with E-state index in [2.05, 4.69) is 32.3 Å². The largest absolute Gasteiger partial charge is 0.454 e. The van der Waals surface area contributed by atoms with Crippen molar-refractivity contribution in [2.24, 2.45) is 5.92 Å². The van der Waals surface area contributed by atoms with Gasteiger partial charge in [0.1, 0.15) is 0 Å². The molecule has 2 aromatic rings. The molecule has 2 aliphatic heterocycles. The Hall–Kier alpha value is -2.57. The second kappa shape index (κ2) is 6.51. The summed E-state index contributed by atoms with van der Waals surface area (Å²) in [4.78, 5) is 6.82. The fourth-order valence-corrected chi connectivity index (χ4v) is 3.13. The molecule has 0 radical (unpaired) electrons. The van der Waals surface area contributed by atoms with Gasteiger partial charge in [-0.2, -0.15) is 10.1 Å². The van der Waals surface area contributed by atoms with Gasteiger partial charge in [0.25, 0.3) is 0 Å². The molecular formula is C17H21N5O2. The third-order valence-electron chi connectivity index (χ3n) is 4.40. The number of ether oxygens (including phenoxy) is 2. The first kappa shape index (κ1) is 15.0. The molecule has 7 heteroatoms. The quantitative estimate of drug-likeness (QED) is 0.924. The Morgan fingerprint density at radius 2 is 2.21 bits per heavy atom. The van der Waals surface area contributed by atoms with Crippen LogP contribution in [0.2, 0.25) is 0 Å². The Morgan fingerprint density at radius 1 is 1.29 bits per heavy atom. The van der Waals surface area contributed by atoms with Crippen LogP contribution in [-0.4, -0.2) is 35.1 Å². The van der Waals surface area contributed by atoms with Crippen LogP contribution >= 0.6 is 0 Å². The lowest BCUT2D eigenvalue weighted by molar-refractivity contribution is 0.174. The number of nitrogens with zero attached hydrogens (tertiary/aromatic N) is 4. The van der Waals surface area contributed by atoms with Crippen molar-refractivity contribution in [2.45, 2.75) is 26.3 Å². The van der Waals surface area contributed by atoms with Crippen LogP contribution in [-0.2, 0) is 6.54 Å². The zero-order chi connectivity index (χ0) is 16.4. The maximum Gasteiger partial charge on any atom is 0.247 e. The van der Waals surface area contributed by atoms with Crippen LogP contribution in [0.15, 0.2) is 24.4 Å². The van der Waals surface area contributed by atoms with Gasteiger partial charge >= 0.3 is 0 Å². The zero-order valence-corrected chi connectivity index (χ0v) is 13.7. The van der Waals surface area contributed by atoms with Gasteiger partial charge in [0.05, 0.1) is 6.20 Å². The molecule has 4 rings (SSSR count). The first-order valence-electron chi connectivity index (χ1n) is 8.35. The standard InChI is InChI=1S/C17H21N5O2/c1-12-3-2-6-22(10-12)17-20-16(9-19-21-17)18-8-13-4-5-14-15(7-13)24-11-23-14/h4-5,7,9,12H,2-3,6,8,10-11H2,1H3,(H,18,20,21). The van der Waals surface area contributed by atoms with Crippen LogP contribution in [0.25, 0.3) is 0 Å². The van der Waals surface area contributed by atoms with Crippen molar-refractivity contribution in [2.75, 3.05) is 30.1 Å². The molecule has 126 valence electrons. The topological polar surface area (TPSA) is 72.4 Å². The van der Waals surface area contributed by atoms with Crippen molar-refractivity contribution < 1.29 is 9.47 Å². The van der Waals surface area contributed by atoms with Gasteiger partial charge in [0.15, 0.2) is 17.3 Å². The molecule has 3 heterocycles. The number of anilines is 2. The second-order valence-corrected chi connectivity index (χ2v) is 6.38. The number of fused-ring (bicyclic) bond motifs is 1. The van der Waals surface area contributed by atoms with Gasteiger partial charge in [-0.15, -0.1) is 5.10 Å². The molecule has 1 aromatic carbocycles. The van der Waals surface area contributed by atoms with Crippen molar-refractivity contribution in [3.8, 4) is 11.5 Å². The van der Waals surface area contributed by atoms with Crippen LogP contribution < -0.4 is 19.7 Å². The van der Waals surface area contributed by atoms with Crippen LogP contribution in [0, 0.1) is 5.92 Å². The molecule has 0 spiro atoms. The van der Waals surface area contributed by atoms with E-state index in [1.54, 1.807) is 6.20 Å². The number of aromatic nitrogens is 3. The minimum atomic E-state index is 0.291. The van der Waals surface area contributed by atoms with Gasteiger partial charge in [0.2, 0.25) is 12.7 Å².